The molecular formula is C23H27N3O5. The van der Waals surface area contributed by atoms with Crippen LogP contribution < -0.4 is 17.0 Å². The number of carbonyl (C=O) groups is 2. The molecule has 1 aromatic heterocycles. The molecule has 0 radical (unpaired) electrons. The van der Waals surface area contributed by atoms with Crippen LogP contribution in [-0.4, -0.2) is 27.6 Å². The first-order valence-corrected chi connectivity index (χ1v) is 10.2. The number of fused-ring (bicyclic) bond motifs is 1. The lowest BCUT2D eigenvalue weighted by atomic mass is 10.0. The molecule has 0 saturated carbocycles. The molecule has 2 aromatic rings. The number of carbonyl (C=O) groups excluding carboxylic acids is 2. The average Bonchev–Trinajstić information content (AvgIpc) is 3.06. The number of aryl methyl sites for hydroxylation is 1. The average molecular weight is 425 g/mol. The molecule has 2 N–H and O–H groups in total. The summed E-state index contributed by atoms with van der Waals surface area (Å²) in [6.07, 6.45) is 0.660. The molecule has 8 nitrogen and oxygen atoms in total. The third-order valence-electron chi connectivity index (χ3n) is 5.78. The minimum Gasteiger partial charge on any atom is -0.463 e. The van der Waals surface area contributed by atoms with Gasteiger partial charge >= 0.3 is 11.7 Å². The number of aromatic nitrogens is 2. The summed E-state index contributed by atoms with van der Waals surface area (Å²) in [6, 6.07) is 9.61. The lowest BCUT2D eigenvalue weighted by Gasteiger charge is -2.26. The number of esters is 1. The molecule has 0 saturated heterocycles. The molecule has 0 unspecified atom stereocenters. The van der Waals surface area contributed by atoms with Crippen molar-refractivity contribution in [3.63, 3.8) is 0 Å². The van der Waals surface area contributed by atoms with Crippen molar-refractivity contribution >= 4 is 17.4 Å². The van der Waals surface area contributed by atoms with E-state index >= 15 is 0 Å². The number of benzene rings is 1. The zero-order valence-corrected chi connectivity index (χ0v) is 18.2. The Morgan fingerprint density at radius 2 is 1.81 bits per heavy atom. The maximum absolute atomic E-state index is 13.4. The van der Waals surface area contributed by atoms with Gasteiger partial charge in [0.25, 0.3) is 5.56 Å². The molecule has 31 heavy (non-hydrogen) atoms. The topological polar surface area (TPSA) is 113 Å². The van der Waals surface area contributed by atoms with Gasteiger partial charge < -0.3 is 10.5 Å². The van der Waals surface area contributed by atoms with Gasteiger partial charge in [-0.1, -0.05) is 30.3 Å². The quantitative estimate of drug-likeness (QED) is 0.673. The molecular weight excluding hydrogens is 398 g/mol. The lowest BCUT2D eigenvalue weighted by molar-refractivity contribution is -0.138. The van der Waals surface area contributed by atoms with Crippen LogP contribution in [0.25, 0.3) is 5.57 Å². The standard InChI is InChI=1S/C23H27N3O5/c1-5-31-20(28)16-13-17-18(14(16)2)19(27)26(23(3,4)21(24)29)22(30)25(17)12-11-15-9-7-6-8-10-15/h6-10H,5,11-13H2,1-4H3,(H2,24,29). The second-order valence-electron chi connectivity index (χ2n) is 8.06. The summed E-state index contributed by atoms with van der Waals surface area (Å²) in [5.41, 5.74) is 5.26. The lowest BCUT2D eigenvalue weighted by Crippen LogP contribution is -2.55. The Balaban J connectivity index is 2.22. The number of primary amides is 1. The highest BCUT2D eigenvalue weighted by molar-refractivity contribution is 6.00. The number of nitrogens with zero attached hydrogens (tertiary/aromatic N) is 2. The Bertz CT molecular complexity index is 1190. The molecule has 3 rings (SSSR count). The van der Waals surface area contributed by atoms with Gasteiger partial charge in [0.15, 0.2) is 0 Å². The molecule has 1 heterocycles. The monoisotopic (exact) mass is 425 g/mol. The van der Waals surface area contributed by atoms with E-state index in [9.17, 15) is 19.2 Å². The van der Waals surface area contributed by atoms with Crippen molar-refractivity contribution in [2.45, 2.75) is 52.6 Å². The van der Waals surface area contributed by atoms with E-state index in [0.29, 0.717) is 23.3 Å². The van der Waals surface area contributed by atoms with Crippen LogP contribution in [0.15, 0.2) is 45.5 Å². The van der Waals surface area contributed by atoms with Crippen LogP contribution in [0.2, 0.25) is 0 Å². The van der Waals surface area contributed by atoms with Gasteiger partial charge in [-0.05, 0) is 45.3 Å². The van der Waals surface area contributed by atoms with E-state index in [1.807, 2.05) is 30.3 Å². The number of ether oxygens (including phenoxy) is 1. The Hall–Kier alpha value is -3.42. The minimum absolute atomic E-state index is 0.122. The van der Waals surface area contributed by atoms with E-state index in [1.54, 1.807) is 13.8 Å². The van der Waals surface area contributed by atoms with E-state index in [4.69, 9.17) is 10.5 Å². The molecule has 1 aliphatic rings. The van der Waals surface area contributed by atoms with E-state index < -0.39 is 28.7 Å². The summed E-state index contributed by atoms with van der Waals surface area (Å²) in [5.74, 6) is -1.31. The van der Waals surface area contributed by atoms with Gasteiger partial charge in [0.1, 0.15) is 5.54 Å². The fraction of sp³-hybridized carbons (Fsp3) is 0.391. The second kappa shape index (κ2) is 8.37. The number of hydrogen-bond donors (Lipinski definition) is 1. The Kier molecular flexibility index (Phi) is 6.01. The van der Waals surface area contributed by atoms with Gasteiger partial charge in [0.2, 0.25) is 5.91 Å². The van der Waals surface area contributed by atoms with Crippen molar-refractivity contribution in [3.8, 4) is 0 Å². The summed E-state index contributed by atoms with van der Waals surface area (Å²) in [5, 5.41) is 0. The van der Waals surface area contributed by atoms with Crippen LogP contribution in [-0.2, 0) is 39.3 Å². The number of allylic oxidation sites excluding steroid dienone is 1. The van der Waals surface area contributed by atoms with Crippen molar-refractivity contribution in [1.29, 1.82) is 0 Å². The number of rotatable bonds is 7. The predicted octanol–water partition coefficient (Wildman–Crippen LogP) is 1.37. The molecule has 1 aromatic carbocycles. The van der Waals surface area contributed by atoms with E-state index in [0.717, 1.165) is 10.1 Å². The highest BCUT2D eigenvalue weighted by Gasteiger charge is 2.37. The van der Waals surface area contributed by atoms with Crippen LogP contribution in [0.1, 0.15) is 44.5 Å². The Morgan fingerprint density at radius 1 is 1.16 bits per heavy atom. The van der Waals surface area contributed by atoms with Crippen molar-refractivity contribution < 1.29 is 14.3 Å². The predicted molar refractivity (Wildman–Crippen MR) is 117 cm³/mol. The highest BCUT2D eigenvalue weighted by atomic mass is 16.5. The molecule has 0 bridgehead atoms. The van der Waals surface area contributed by atoms with E-state index in [1.165, 1.54) is 18.4 Å². The fourth-order valence-electron chi connectivity index (χ4n) is 3.87. The normalized spacial score (nSPS) is 13.3. The van der Waals surface area contributed by atoms with Gasteiger partial charge in [-0.15, -0.1) is 0 Å². The SMILES string of the molecule is CCOC(=O)C1=C(C)c2c(n(CCc3ccccc3)c(=O)n(C(C)(C)C(N)=O)c2=O)C1. The van der Waals surface area contributed by atoms with Gasteiger partial charge in [-0.25, -0.2) is 14.2 Å². The summed E-state index contributed by atoms with van der Waals surface area (Å²) < 4.78 is 7.51. The Labute approximate surface area is 179 Å². The molecule has 1 amide bonds. The van der Waals surface area contributed by atoms with Crippen LogP contribution in [0.4, 0.5) is 0 Å². The summed E-state index contributed by atoms with van der Waals surface area (Å²) in [7, 11) is 0. The molecule has 0 aliphatic heterocycles. The van der Waals surface area contributed by atoms with Crippen LogP contribution in [0.5, 0.6) is 0 Å². The number of nitrogens with two attached hydrogens (primary N) is 1. The minimum atomic E-state index is -1.54. The third-order valence-corrected chi connectivity index (χ3v) is 5.78. The first-order chi connectivity index (χ1) is 14.6. The van der Waals surface area contributed by atoms with Crippen molar-refractivity contribution in [2.75, 3.05) is 6.61 Å². The number of hydrogen-bond acceptors (Lipinski definition) is 5. The van der Waals surface area contributed by atoms with Gasteiger partial charge in [0.05, 0.1) is 12.2 Å². The van der Waals surface area contributed by atoms with Crippen molar-refractivity contribution in [2.24, 2.45) is 5.73 Å². The van der Waals surface area contributed by atoms with Gasteiger partial charge in [-0.2, -0.15) is 0 Å². The molecule has 164 valence electrons. The fourth-order valence-corrected chi connectivity index (χ4v) is 3.87. The first kappa shape index (κ1) is 22.3. The zero-order valence-electron chi connectivity index (χ0n) is 18.2. The van der Waals surface area contributed by atoms with Gasteiger partial charge in [-0.3, -0.25) is 14.2 Å². The first-order valence-electron chi connectivity index (χ1n) is 10.2. The molecule has 0 atom stereocenters. The third kappa shape index (κ3) is 3.85. The van der Waals surface area contributed by atoms with Crippen molar-refractivity contribution in [3.05, 3.63) is 73.6 Å². The van der Waals surface area contributed by atoms with E-state index in [2.05, 4.69) is 0 Å². The van der Waals surface area contributed by atoms with Gasteiger partial charge in [0, 0.05) is 24.2 Å². The van der Waals surface area contributed by atoms with Crippen LogP contribution in [0, 0.1) is 0 Å². The maximum atomic E-state index is 13.4. The zero-order chi connectivity index (χ0) is 22.9. The number of amides is 1. The molecule has 8 heteroatoms. The van der Waals surface area contributed by atoms with Crippen molar-refractivity contribution in [1.82, 2.24) is 9.13 Å². The van der Waals surface area contributed by atoms with Crippen LogP contribution >= 0.6 is 0 Å². The molecule has 0 spiro atoms. The molecule has 0 fully saturated rings. The second-order valence-corrected chi connectivity index (χ2v) is 8.06. The summed E-state index contributed by atoms with van der Waals surface area (Å²) in [6.45, 7) is 6.72. The Morgan fingerprint density at radius 3 is 2.39 bits per heavy atom. The summed E-state index contributed by atoms with van der Waals surface area (Å²) in [4.78, 5) is 51.3. The highest BCUT2D eigenvalue weighted by Crippen LogP contribution is 2.31. The maximum Gasteiger partial charge on any atom is 0.334 e. The largest absolute Gasteiger partial charge is 0.463 e. The molecule has 1 aliphatic carbocycles. The van der Waals surface area contributed by atoms with E-state index in [-0.39, 0.29) is 25.1 Å². The van der Waals surface area contributed by atoms with Crippen LogP contribution in [0.3, 0.4) is 0 Å². The smallest absolute Gasteiger partial charge is 0.334 e. The summed E-state index contributed by atoms with van der Waals surface area (Å²) >= 11 is 0.